The van der Waals surface area contributed by atoms with Crippen LogP contribution in [0.5, 0.6) is 0 Å². The van der Waals surface area contributed by atoms with Crippen molar-refractivity contribution in [2.45, 2.75) is 57.3 Å². The normalized spacial score (nSPS) is 25.0. The van der Waals surface area contributed by atoms with Gasteiger partial charge in [0.25, 0.3) is 11.6 Å². The predicted molar refractivity (Wildman–Crippen MR) is 135 cm³/mol. The molecule has 3 atom stereocenters. The number of anilines is 2. The first kappa shape index (κ1) is 24.8. The molecule has 0 aliphatic carbocycles. The SMILES string of the molecule is C[C@@H]1CCC[C@H](C)N1CCCNC(=O)[C@@]1(O)c2ccccc2NC(=O)N1c1ccc(Cl)c(Cl)c1. The van der Waals surface area contributed by atoms with Gasteiger partial charge in [-0.15, -0.1) is 0 Å². The number of likely N-dealkylation sites (tertiary alicyclic amines) is 1. The number of nitrogens with one attached hydrogen (secondary N) is 2. The van der Waals surface area contributed by atoms with Crippen LogP contribution in [0.3, 0.4) is 0 Å². The van der Waals surface area contributed by atoms with Crippen LogP contribution in [0, 0.1) is 0 Å². The van der Waals surface area contributed by atoms with Crippen molar-refractivity contribution in [2.24, 2.45) is 0 Å². The molecule has 9 heteroatoms. The number of halogens is 2. The molecule has 0 saturated carbocycles. The Hall–Kier alpha value is -2.32. The van der Waals surface area contributed by atoms with E-state index >= 15 is 0 Å². The molecule has 2 aromatic carbocycles. The summed E-state index contributed by atoms with van der Waals surface area (Å²) in [5, 5.41) is 17.9. The number of amides is 3. The lowest BCUT2D eigenvalue weighted by Gasteiger charge is -2.42. The third kappa shape index (κ3) is 4.62. The van der Waals surface area contributed by atoms with Crippen LogP contribution in [0.15, 0.2) is 42.5 Å². The van der Waals surface area contributed by atoms with Gasteiger partial charge in [0.15, 0.2) is 0 Å². The first-order chi connectivity index (χ1) is 16.2. The Morgan fingerprint density at radius 3 is 2.56 bits per heavy atom. The summed E-state index contributed by atoms with van der Waals surface area (Å²) in [6.45, 7) is 5.71. The maximum Gasteiger partial charge on any atom is 0.329 e. The number of hydrogen-bond acceptors (Lipinski definition) is 4. The average molecular weight is 505 g/mol. The largest absolute Gasteiger partial charge is 0.359 e. The molecule has 0 bridgehead atoms. The molecule has 2 aliphatic heterocycles. The molecule has 2 aliphatic rings. The van der Waals surface area contributed by atoms with Gasteiger partial charge in [0.05, 0.1) is 21.4 Å². The lowest BCUT2D eigenvalue weighted by Crippen LogP contribution is -2.62. The van der Waals surface area contributed by atoms with Crippen molar-refractivity contribution in [1.29, 1.82) is 0 Å². The molecular formula is C25H30Cl2N4O3. The highest BCUT2D eigenvalue weighted by Crippen LogP contribution is 2.41. The Labute approximate surface area is 210 Å². The molecule has 34 heavy (non-hydrogen) atoms. The van der Waals surface area contributed by atoms with Gasteiger partial charge in [-0.05, 0) is 57.4 Å². The van der Waals surface area contributed by atoms with Gasteiger partial charge in [-0.1, -0.05) is 47.8 Å². The van der Waals surface area contributed by atoms with Gasteiger partial charge in [-0.25, -0.2) is 4.79 Å². The molecule has 2 aromatic rings. The molecule has 1 fully saturated rings. The first-order valence-corrected chi connectivity index (χ1v) is 12.4. The zero-order valence-corrected chi connectivity index (χ0v) is 20.9. The lowest BCUT2D eigenvalue weighted by atomic mass is 9.94. The number of carbonyl (C=O) groups excluding carboxylic acids is 2. The zero-order chi connectivity index (χ0) is 24.5. The summed E-state index contributed by atoms with van der Waals surface area (Å²) < 4.78 is 0. The van der Waals surface area contributed by atoms with Gasteiger partial charge < -0.3 is 15.7 Å². The monoisotopic (exact) mass is 504 g/mol. The van der Waals surface area contributed by atoms with Gasteiger partial charge in [-0.3, -0.25) is 14.6 Å². The summed E-state index contributed by atoms with van der Waals surface area (Å²) in [7, 11) is 0. The molecule has 182 valence electrons. The number of urea groups is 1. The average Bonchev–Trinajstić information content (AvgIpc) is 2.80. The number of benzene rings is 2. The van der Waals surface area contributed by atoms with Crippen LogP contribution >= 0.6 is 23.2 Å². The van der Waals surface area contributed by atoms with E-state index in [1.54, 1.807) is 30.3 Å². The highest BCUT2D eigenvalue weighted by atomic mass is 35.5. The second-order valence-corrected chi connectivity index (χ2v) is 9.87. The molecule has 3 N–H and O–H groups in total. The minimum Gasteiger partial charge on any atom is -0.359 e. The number of rotatable bonds is 6. The Bertz CT molecular complexity index is 1070. The Balaban J connectivity index is 1.57. The van der Waals surface area contributed by atoms with E-state index in [2.05, 4.69) is 29.4 Å². The van der Waals surface area contributed by atoms with Crippen molar-refractivity contribution >= 4 is 46.5 Å². The minimum absolute atomic E-state index is 0.207. The molecule has 3 amide bonds. The molecule has 0 spiro atoms. The summed E-state index contributed by atoms with van der Waals surface area (Å²) in [4.78, 5) is 30.0. The summed E-state index contributed by atoms with van der Waals surface area (Å²) in [6.07, 6.45) is 4.34. The molecule has 7 nitrogen and oxygen atoms in total. The third-order valence-corrected chi connectivity index (χ3v) is 7.54. The van der Waals surface area contributed by atoms with E-state index in [-0.39, 0.29) is 16.3 Å². The standard InChI is InChI=1S/C25H30Cl2N4O3/c1-16-7-5-8-17(2)30(16)14-6-13-28-23(32)25(34)19-9-3-4-10-22(19)29-24(33)31(25)18-11-12-20(26)21(27)15-18/h3-4,9-12,15-17,34H,5-8,13-14H2,1-2H3,(H,28,32)(H,29,33)/t16-,17+,25-/m0/s1. The maximum atomic E-state index is 13.5. The Kier molecular flexibility index (Phi) is 7.38. The van der Waals surface area contributed by atoms with E-state index in [9.17, 15) is 14.7 Å². The fourth-order valence-corrected chi connectivity index (χ4v) is 5.28. The molecule has 2 heterocycles. The topological polar surface area (TPSA) is 84.9 Å². The zero-order valence-electron chi connectivity index (χ0n) is 19.4. The number of fused-ring (bicyclic) bond motifs is 1. The van der Waals surface area contributed by atoms with Crippen molar-refractivity contribution in [3.05, 3.63) is 58.1 Å². The molecule has 0 radical (unpaired) electrons. The van der Waals surface area contributed by atoms with E-state index in [1.807, 2.05) is 0 Å². The summed E-state index contributed by atoms with van der Waals surface area (Å²) in [5.41, 5.74) is -1.37. The van der Waals surface area contributed by atoms with E-state index in [0.717, 1.165) is 17.9 Å². The smallest absolute Gasteiger partial charge is 0.329 e. The fourth-order valence-electron chi connectivity index (χ4n) is 4.99. The quantitative estimate of drug-likeness (QED) is 0.485. The molecule has 0 aromatic heterocycles. The third-order valence-electron chi connectivity index (χ3n) is 6.80. The van der Waals surface area contributed by atoms with Crippen LogP contribution in [-0.2, 0) is 10.5 Å². The highest BCUT2D eigenvalue weighted by Gasteiger charge is 2.51. The van der Waals surface area contributed by atoms with Crippen molar-refractivity contribution in [1.82, 2.24) is 10.2 Å². The van der Waals surface area contributed by atoms with Crippen LogP contribution in [0.2, 0.25) is 10.0 Å². The highest BCUT2D eigenvalue weighted by molar-refractivity contribution is 6.42. The molecular weight excluding hydrogens is 475 g/mol. The van der Waals surface area contributed by atoms with Gasteiger partial charge in [0.2, 0.25) is 0 Å². The predicted octanol–water partition coefficient (Wildman–Crippen LogP) is 4.96. The van der Waals surface area contributed by atoms with E-state index in [4.69, 9.17) is 23.2 Å². The van der Waals surface area contributed by atoms with Crippen molar-refractivity contribution in [3.63, 3.8) is 0 Å². The number of nitrogens with zero attached hydrogens (tertiary/aromatic N) is 2. The van der Waals surface area contributed by atoms with Crippen LogP contribution in [0.1, 0.15) is 45.1 Å². The summed E-state index contributed by atoms with van der Waals surface area (Å²) in [5.74, 6) is -0.680. The van der Waals surface area contributed by atoms with Gasteiger partial charge in [-0.2, -0.15) is 0 Å². The van der Waals surface area contributed by atoms with Crippen LogP contribution in [0.25, 0.3) is 0 Å². The van der Waals surface area contributed by atoms with Crippen molar-refractivity contribution < 1.29 is 14.7 Å². The fraction of sp³-hybridized carbons (Fsp3) is 0.440. The van der Waals surface area contributed by atoms with Crippen LogP contribution in [0.4, 0.5) is 16.2 Å². The van der Waals surface area contributed by atoms with E-state index < -0.39 is 17.7 Å². The number of carbonyl (C=O) groups is 2. The van der Waals surface area contributed by atoms with Gasteiger partial charge >= 0.3 is 6.03 Å². The maximum absolute atomic E-state index is 13.5. The Morgan fingerprint density at radius 2 is 1.85 bits per heavy atom. The van der Waals surface area contributed by atoms with Crippen LogP contribution < -0.4 is 15.5 Å². The number of aliphatic hydroxyl groups is 1. The van der Waals surface area contributed by atoms with Gasteiger partial charge in [0, 0.05) is 30.7 Å². The minimum atomic E-state index is -2.26. The second-order valence-electron chi connectivity index (χ2n) is 9.06. The number of piperidine rings is 1. The van der Waals surface area contributed by atoms with Crippen LogP contribution in [-0.4, -0.2) is 47.1 Å². The molecule has 0 unspecified atom stereocenters. The first-order valence-electron chi connectivity index (χ1n) is 11.7. The number of hydrogen-bond donors (Lipinski definition) is 3. The van der Waals surface area contributed by atoms with E-state index in [1.165, 1.54) is 31.4 Å². The molecule has 4 rings (SSSR count). The Morgan fingerprint density at radius 1 is 1.15 bits per heavy atom. The molecule has 1 saturated heterocycles. The van der Waals surface area contributed by atoms with Gasteiger partial charge in [0.1, 0.15) is 0 Å². The number of para-hydroxylation sites is 1. The summed E-state index contributed by atoms with van der Waals surface area (Å²) >= 11 is 12.2. The lowest BCUT2D eigenvalue weighted by molar-refractivity contribution is -0.140. The summed E-state index contributed by atoms with van der Waals surface area (Å²) in [6, 6.07) is 11.6. The second kappa shape index (κ2) is 10.1. The van der Waals surface area contributed by atoms with E-state index in [0.29, 0.717) is 29.3 Å². The van der Waals surface area contributed by atoms with Crippen molar-refractivity contribution in [3.8, 4) is 0 Å². The van der Waals surface area contributed by atoms with Crippen molar-refractivity contribution in [2.75, 3.05) is 23.3 Å².